The first-order valence-electron chi connectivity index (χ1n) is 15.1. The molecule has 42 heavy (non-hydrogen) atoms. The van der Waals surface area contributed by atoms with Gasteiger partial charge in [-0.1, -0.05) is 30.3 Å². The van der Waals surface area contributed by atoms with Gasteiger partial charge in [-0.15, -0.1) is 0 Å². The van der Waals surface area contributed by atoms with Crippen LogP contribution in [-0.4, -0.2) is 49.8 Å². The molecule has 3 aromatic rings. The number of methoxy groups -OCH3 is 1. The van der Waals surface area contributed by atoms with E-state index in [0.29, 0.717) is 34.8 Å². The Balaban J connectivity index is 1.07. The summed E-state index contributed by atoms with van der Waals surface area (Å²) < 4.78 is 16.6. The molecule has 2 heterocycles. The number of carbonyl (C=O) groups is 2. The molecular weight excluding hydrogens is 530 g/mol. The van der Waals surface area contributed by atoms with Crippen molar-refractivity contribution in [2.75, 3.05) is 37.5 Å². The molecule has 8 nitrogen and oxygen atoms in total. The van der Waals surface area contributed by atoms with E-state index in [2.05, 4.69) is 10.6 Å². The number of ether oxygens (including phenoxy) is 3. The number of aromatic nitrogens is 1. The Labute approximate surface area is 247 Å². The molecule has 0 spiro atoms. The number of anilines is 2. The number of pyridine rings is 1. The first kappa shape index (κ1) is 28.2. The predicted molar refractivity (Wildman–Crippen MR) is 162 cm³/mol. The van der Waals surface area contributed by atoms with Gasteiger partial charge in [-0.05, 0) is 80.7 Å². The molecule has 4 aliphatic rings. The Morgan fingerprint density at radius 2 is 1.74 bits per heavy atom. The highest BCUT2D eigenvalue weighted by molar-refractivity contribution is 5.98. The van der Waals surface area contributed by atoms with Crippen LogP contribution >= 0.6 is 0 Å². The minimum Gasteiger partial charge on any atom is -0.477 e. The normalized spacial score (nSPS) is 22.6. The van der Waals surface area contributed by atoms with E-state index in [0.717, 1.165) is 42.4 Å². The number of rotatable bonds is 11. The summed E-state index contributed by atoms with van der Waals surface area (Å²) in [5.41, 5.74) is 4.71. The van der Waals surface area contributed by atoms with Gasteiger partial charge < -0.3 is 24.8 Å². The number of nitrogens with one attached hydrogen (secondary N) is 2. The molecular formula is C34H39N3O5. The third kappa shape index (κ3) is 6.59. The zero-order valence-electron chi connectivity index (χ0n) is 24.2. The number of hydrogen-bond acceptors (Lipinski definition) is 7. The van der Waals surface area contributed by atoms with Gasteiger partial charge in [0.05, 0.1) is 48.9 Å². The molecule has 4 fully saturated rings. The van der Waals surface area contributed by atoms with Crippen LogP contribution in [0.15, 0.2) is 60.7 Å². The summed E-state index contributed by atoms with van der Waals surface area (Å²) >= 11 is 0. The monoisotopic (exact) mass is 569 g/mol. The molecule has 1 aromatic heterocycles. The molecule has 7 rings (SSSR count). The van der Waals surface area contributed by atoms with Crippen molar-refractivity contribution < 1.29 is 23.8 Å². The van der Waals surface area contributed by atoms with Crippen LogP contribution in [0.4, 0.5) is 11.4 Å². The molecule has 2 N–H and O–H groups in total. The van der Waals surface area contributed by atoms with Gasteiger partial charge >= 0.3 is 5.97 Å². The van der Waals surface area contributed by atoms with Crippen LogP contribution in [0.25, 0.3) is 11.3 Å². The number of carbonyl (C=O) groups excluding carboxylic acids is 2. The summed E-state index contributed by atoms with van der Waals surface area (Å²) in [7, 11) is 1.35. The van der Waals surface area contributed by atoms with Gasteiger partial charge in [0, 0.05) is 30.2 Å². The van der Waals surface area contributed by atoms with Crippen molar-refractivity contribution in [1.82, 2.24) is 4.98 Å². The minimum absolute atomic E-state index is 0.127. The molecule has 1 atom stereocenters. The van der Waals surface area contributed by atoms with Crippen molar-refractivity contribution in [3.63, 3.8) is 0 Å². The van der Waals surface area contributed by atoms with Crippen molar-refractivity contribution in [2.45, 2.75) is 57.5 Å². The molecule has 8 heteroatoms. The third-order valence-electron chi connectivity index (χ3n) is 9.14. The van der Waals surface area contributed by atoms with E-state index in [1.54, 1.807) is 18.2 Å². The lowest BCUT2D eigenvalue weighted by atomic mass is 9.61. The van der Waals surface area contributed by atoms with Crippen molar-refractivity contribution in [1.29, 1.82) is 0 Å². The van der Waals surface area contributed by atoms with Gasteiger partial charge in [-0.3, -0.25) is 4.79 Å². The van der Waals surface area contributed by atoms with Gasteiger partial charge in [0.25, 0.3) is 0 Å². The number of benzene rings is 2. The van der Waals surface area contributed by atoms with E-state index >= 15 is 0 Å². The molecule has 1 saturated heterocycles. The van der Waals surface area contributed by atoms with Crippen molar-refractivity contribution in [3.8, 4) is 17.1 Å². The van der Waals surface area contributed by atoms with Gasteiger partial charge in [-0.25, -0.2) is 9.78 Å². The lowest BCUT2D eigenvalue weighted by Crippen LogP contribution is -2.38. The molecule has 1 amide bonds. The molecule has 1 aliphatic heterocycles. The molecule has 3 saturated carbocycles. The van der Waals surface area contributed by atoms with E-state index in [1.165, 1.54) is 45.6 Å². The summed E-state index contributed by atoms with van der Waals surface area (Å²) in [5, 5.41) is 6.29. The predicted octanol–water partition coefficient (Wildman–Crippen LogP) is 6.27. The topological polar surface area (TPSA) is 98.8 Å². The Morgan fingerprint density at radius 1 is 0.976 bits per heavy atom. The quantitative estimate of drug-likeness (QED) is 0.263. The maximum atomic E-state index is 13.0. The number of amides is 1. The highest BCUT2D eigenvalue weighted by atomic mass is 16.5. The van der Waals surface area contributed by atoms with Crippen LogP contribution < -0.4 is 15.4 Å². The minimum atomic E-state index is -0.432. The summed E-state index contributed by atoms with van der Waals surface area (Å²) in [5.74, 6) is 1.03. The fourth-order valence-electron chi connectivity index (χ4n) is 6.33. The second kappa shape index (κ2) is 12.5. The number of esters is 1. The Hall–Kier alpha value is -3.91. The first-order chi connectivity index (χ1) is 20.5. The second-order valence-corrected chi connectivity index (χ2v) is 12.0. The highest BCUT2D eigenvalue weighted by Crippen LogP contribution is 2.50. The van der Waals surface area contributed by atoms with Crippen LogP contribution in [0.3, 0.4) is 0 Å². The molecule has 0 radical (unpaired) electrons. The molecule has 3 aliphatic carbocycles. The average Bonchev–Trinajstić information content (AvgIpc) is 3.01. The molecule has 220 valence electrons. The average molecular weight is 570 g/mol. The third-order valence-corrected chi connectivity index (χ3v) is 9.14. The standard InChI is InChI=1S/C34H39N3O5/c1-40-33(39)26-9-10-29(30(20-26)35-21-27-14-18-41-27)36-31(38)19-24-5-7-25(8-6-24)28-3-2-4-32(37-28)42-22-34-15-11-23(12-16-34)13-17-34/h2-10,20,23,27,35H,11-19,21-22H2,1H3,(H,36,38)/t23?,27-,34?/m0/s1. The molecule has 2 aromatic carbocycles. The molecule has 2 bridgehead atoms. The molecule has 0 unspecified atom stereocenters. The lowest BCUT2D eigenvalue weighted by Gasteiger charge is -2.46. The van der Waals surface area contributed by atoms with Gasteiger partial charge in [0.15, 0.2) is 0 Å². The van der Waals surface area contributed by atoms with Crippen LogP contribution in [0, 0.1) is 11.3 Å². The number of hydrogen-bond donors (Lipinski definition) is 2. The maximum absolute atomic E-state index is 13.0. The first-order valence-corrected chi connectivity index (χ1v) is 15.1. The van der Waals surface area contributed by atoms with E-state index < -0.39 is 5.97 Å². The van der Waals surface area contributed by atoms with Gasteiger partial charge in [0.2, 0.25) is 11.8 Å². The van der Waals surface area contributed by atoms with Crippen LogP contribution in [0.2, 0.25) is 0 Å². The Morgan fingerprint density at radius 3 is 2.43 bits per heavy atom. The zero-order chi connectivity index (χ0) is 28.9. The van der Waals surface area contributed by atoms with Crippen LogP contribution in [0.1, 0.15) is 60.9 Å². The van der Waals surface area contributed by atoms with E-state index in [1.807, 2.05) is 42.5 Å². The lowest BCUT2D eigenvalue weighted by molar-refractivity contribution is -0.115. The Bertz CT molecular complexity index is 1400. The number of nitrogens with zero attached hydrogens (tertiary/aromatic N) is 1. The highest BCUT2D eigenvalue weighted by Gasteiger charge is 2.41. The fourth-order valence-corrected chi connectivity index (χ4v) is 6.33. The van der Waals surface area contributed by atoms with Crippen molar-refractivity contribution >= 4 is 23.3 Å². The van der Waals surface area contributed by atoms with Gasteiger partial charge in [0.1, 0.15) is 0 Å². The van der Waals surface area contributed by atoms with E-state index in [-0.39, 0.29) is 18.4 Å². The zero-order valence-corrected chi connectivity index (χ0v) is 24.2. The van der Waals surface area contributed by atoms with E-state index in [9.17, 15) is 9.59 Å². The SMILES string of the molecule is COC(=O)c1ccc(NC(=O)Cc2ccc(-c3cccc(OCC45CCC(CC4)CC5)n3)cc2)c(NC[C@@H]2CCO2)c1. The summed E-state index contributed by atoms with van der Waals surface area (Å²) in [6.07, 6.45) is 9.18. The Kier molecular flexibility index (Phi) is 8.42. The van der Waals surface area contributed by atoms with Crippen LogP contribution in [-0.2, 0) is 20.7 Å². The largest absolute Gasteiger partial charge is 0.477 e. The maximum Gasteiger partial charge on any atom is 0.337 e. The second-order valence-electron chi connectivity index (χ2n) is 12.0. The number of fused-ring (bicyclic) bond motifs is 3. The summed E-state index contributed by atoms with van der Waals surface area (Å²) in [4.78, 5) is 29.8. The summed E-state index contributed by atoms with van der Waals surface area (Å²) in [6, 6.07) is 18.9. The van der Waals surface area contributed by atoms with Gasteiger partial charge in [-0.2, -0.15) is 0 Å². The fraction of sp³-hybridized carbons (Fsp3) is 0.441. The smallest absolute Gasteiger partial charge is 0.337 e. The van der Waals surface area contributed by atoms with E-state index in [4.69, 9.17) is 19.2 Å². The van der Waals surface area contributed by atoms with Crippen molar-refractivity contribution in [3.05, 3.63) is 71.8 Å². The summed E-state index contributed by atoms with van der Waals surface area (Å²) in [6.45, 7) is 2.10. The van der Waals surface area contributed by atoms with Crippen molar-refractivity contribution in [2.24, 2.45) is 11.3 Å². The van der Waals surface area contributed by atoms with Crippen LogP contribution in [0.5, 0.6) is 5.88 Å².